The highest BCUT2D eigenvalue weighted by atomic mass is 35.5. The summed E-state index contributed by atoms with van der Waals surface area (Å²) in [5.41, 5.74) is 3.08. The minimum atomic E-state index is -0.473. The summed E-state index contributed by atoms with van der Waals surface area (Å²) < 4.78 is 0. The molecule has 0 spiro atoms. The van der Waals surface area contributed by atoms with Crippen LogP contribution in [0.1, 0.15) is 42.9 Å². The third-order valence-electron chi connectivity index (χ3n) is 3.28. The molecule has 0 bridgehead atoms. The van der Waals surface area contributed by atoms with E-state index in [0.717, 1.165) is 34.6 Å². The van der Waals surface area contributed by atoms with Gasteiger partial charge in [-0.15, -0.1) is 0 Å². The Morgan fingerprint density at radius 1 is 1.31 bits per heavy atom. The number of benzene rings is 1. The minimum absolute atomic E-state index is 0.473. The first kappa shape index (κ1) is 11.7. The zero-order chi connectivity index (χ0) is 11.5. The molecule has 1 aliphatic rings. The fourth-order valence-corrected chi connectivity index (χ4v) is 2.41. The molecule has 0 saturated heterocycles. The van der Waals surface area contributed by atoms with Crippen LogP contribution in [0.25, 0.3) is 0 Å². The Bertz CT molecular complexity index is 409. The van der Waals surface area contributed by atoms with Crippen molar-refractivity contribution in [2.75, 3.05) is 0 Å². The zero-order valence-corrected chi connectivity index (χ0v) is 10.3. The van der Waals surface area contributed by atoms with E-state index in [-0.39, 0.29) is 0 Å². The highest BCUT2D eigenvalue weighted by Gasteiger charge is 2.17. The van der Waals surface area contributed by atoms with Crippen LogP contribution >= 0.6 is 11.6 Å². The molecule has 0 saturated carbocycles. The molecule has 2 heteroatoms. The number of hydrogen-bond acceptors (Lipinski definition) is 1. The normalized spacial score (nSPS) is 18.1. The Morgan fingerprint density at radius 3 is 2.81 bits per heavy atom. The van der Waals surface area contributed by atoms with Crippen LogP contribution in [-0.2, 0) is 0 Å². The lowest BCUT2D eigenvalue weighted by Gasteiger charge is -2.20. The molecule has 1 aromatic rings. The van der Waals surface area contributed by atoms with E-state index in [2.05, 4.69) is 6.08 Å². The highest BCUT2D eigenvalue weighted by molar-refractivity contribution is 6.31. The van der Waals surface area contributed by atoms with E-state index in [1.54, 1.807) is 0 Å². The second-order valence-electron chi connectivity index (χ2n) is 4.38. The third kappa shape index (κ3) is 2.31. The molecular formula is C14H17ClO. The van der Waals surface area contributed by atoms with Gasteiger partial charge in [-0.3, -0.25) is 0 Å². The van der Waals surface area contributed by atoms with Gasteiger partial charge in [-0.2, -0.15) is 0 Å². The summed E-state index contributed by atoms with van der Waals surface area (Å²) in [5.74, 6) is 0. The number of rotatable bonds is 2. The van der Waals surface area contributed by atoms with Gasteiger partial charge in [0.25, 0.3) is 0 Å². The standard InChI is InChI=1S/C14H17ClO/c1-10-12(8-5-9-13(10)15)14(16)11-6-3-2-4-7-11/h5-6,8-9,14,16H,2-4,7H2,1H3. The molecule has 1 unspecified atom stereocenters. The maximum Gasteiger partial charge on any atom is 0.100 e. The molecule has 0 heterocycles. The Balaban J connectivity index is 2.29. The summed E-state index contributed by atoms with van der Waals surface area (Å²) >= 11 is 6.07. The smallest absolute Gasteiger partial charge is 0.100 e. The third-order valence-corrected chi connectivity index (χ3v) is 3.69. The second kappa shape index (κ2) is 5.03. The van der Waals surface area contributed by atoms with Gasteiger partial charge in [-0.05, 0) is 55.4 Å². The molecule has 1 N–H and O–H groups in total. The lowest BCUT2D eigenvalue weighted by molar-refractivity contribution is 0.207. The van der Waals surface area contributed by atoms with E-state index >= 15 is 0 Å². The van der Waals surface area contributed by atoms with Gasteiger partial charge in [0.05, 0.1) is 0 Å². The van der Waals surface area contributed by atoms with Crippen LogP contribution in [0.15, 0.2) is 29.8 Å². The number of halogens is 1. The lowest BCUT2D eigenvalue weighted by atomic mass is 9.90. The molecular weight excluding hydrogens is 220 g/mol. The lowest BCUT2D eigenvalue weighted by Crippen LogP contribution is -2.06. The van der Waals surface area contributed by atoms with Gasteiger partial charge in [-0.25, -0.2) is 0 Å². The Hall–Kier alpha value is -0.790. The van der Waals surface area contributed by atoms with Gasteiger partial charge in [0.1, 0.15) is 6.10 Å². The quantitative estimate of drug-likeness (QED) is 0.764. The van der Waals surface area contributed by atoms with Crippen LogP contribution in [0.4, 0.5) is 0 Å². The average Bonchev–Trinajstić information content (AvgIpc) is 2.33. The SMILES string of the molecule is Cc1c(Cl)cccc1C(O)C1=CCCCC1. The zero-order valence-electron chi connectivity index (χ0n) is 9.54. The summed E-state index contributed by atoms with van der Waals surface area (Å²) in [6.45, 7) is 1.96. The molecule has 2 rings (SSSR count). The van der Waals surface area contributed by atoms with Crippen molar-refractivity contribution in [3.63, 3.8) is 0 Å². The number of allylic oxidation sites excluding steroid dienone is 1. The van der Waals surface area contributed by atoms with Crippen molar-refractivity contribution >= 4 is 11.6 Å². The number of hydrogen-bond donors (Lipinski definition) is 1. The predicted octanol–water partition coefficient (Wildman–Crippen LogP) is 4.18. The van der Waals surface area contributed by atoms with Crippen molar-refractivity contribution < 1.29 is 5.11 Å². The van der Waals surface area contributed by atoms with Crippen molar-refractivity contribution in [2.24, 2.45) is 0 Å². The highest BCUT2D eigenvalue weighted by Crippen LogP contribution is 2.33. The Kier molecular flexibility index (Phi) is 3.67. The largest absolute Gasteiger partial charge is 0.384 e. The van der Waals surface area contributed by atoms with Crippen molar-refractivity contribution in [1.82, 2.24) is 0 Å². The Morgan fingerprint density at radius 2 is 2.12 bits per heavy atom. The first-order valence-corrected chi connectivity index (χ1v) is 6.20. The minimum Gasteiger partial charge on any atom is -0.384 e. The number of aliphatic hydroxyl groups is 1. The summed E-state index contributed by atoms with van der Waals surface area (Å²) in [6, 6.07) is 5.72. The molecule has 86 valence electrons. The van der Waals surface area contributed by atoms with Gasteiger partial charge in [0, 0.05) is 5.02 Å². The molecule has 0 radical (unpaired) electrons. The molecule has 16 heavy (non-hydrogen) atoms. The fraction of sp³-hybridized carbons (Fsp3) is 0.429. The molecule has 1 aliphatic carbocycles. The van der Waals surface area contributed by atoms with Gasteiger partial charge in [0.2, 0.25) is 0 Å². The molecule has 0 fully saturated rings. The topological polar surface area (TPSA) is 20.2 Å². The van der Waals surface area contributed by atoms with Crippen molar-refractivity contribution in [3.8, 4) is 0 Å². The second-order valence-corrected chi connectivity index (χ2v) is 4.79. The molecule has 1 atom stereocenters. The molecule has 1 nitrogen and oxygen atoms in total. The molecule has 0 amide bonds. The summed E-state index contributed by atoms with van der Waals surface area (Å²) in [6.07, 6.45) is 6.22. The molecule has 0 aromatic heterocycles. The van der Waals surface area contributed by atoms with Crippen molar-refractivity contribution in [3.05, 3.63) is 46.0 Å². The van der Waals surface area contributed by atoms with Gasteiger partial charge in [-0.1, -0.05) is 29.8 Å². The van der Waals surface area contributed by atoms with Crippen molar-refractivity contribution in [1.29, 1.82) is 0 Å². The van der Waals surface area contributed by atoms with E-state index in [1.165, 1.54) is 12.8 Å². The maximum absolute atomic E-state index is 10.3. The monoisotopic (exact) mass is 236 g/mol. The van der Waals surface area contributed by atoms with Gasteiger partial charge < -0.3 is 5.11 Å². The van der Waals surface area contributed by atoms with Gasteiger partial charge >= 0.3 is 0 Å². The van der Waals surface area contributed by atoms with Crippen LogP contribution < -0.4 is 0 Å². The number of aliphatic hydroxyl groups excluding tert-OH is 1. The predicted molar refractivity (Wildman–Crippen MR) is 67.7 cm³/mol. The van der Waals surface area contributed by atoms with Crippen LogP contribution in [0.2, 0.25) is 5.02 Å². The molecule has 0 aliphatic heterocycles. The Labute approximate surface area is 102 Å². The summed E-state index contributed by atoms with van der Waals surface area (Å²) in [5, 5.41) is 11.1. The van der Waals surface area contributed by atoms with E-state index in [0.29, 0.717) is 0 Å². The fourth-order valence-electron chi connectivity index (χ4n) is 2.23. The average molecular weight is 237 g/mol. The van der Waals surface area contributed by atoms with E-state index in [4.69, 9.17) is 11.6 Å². The maximum atomic E-state index is 10.3. The first-order valence-electron chi connectivity index (χ1n) is 5.82. The van der Waals surface area contributed by atoms with Crippen LogP contribution in [0.3, 0.4) is 0 Å². The summed E-state index contributed by atoms with van der Waals surface area (Å²) in [7, 11) is 0. The summed E-state index contributed by atoms with van der Waals surface area (Å²) in [4.78, 5) is 0. The van der Waals surface area contributed by atoms with E-state index < -0.39 is 6.10 Å². The van der Waals surface area contributed by atoms with E-state index in [9.17, 15) is 5.11 Å². The van der Waals surface area contributed by atoms with Gasteiger partial charge in [0.15, 0.2) is 0 Å². The molecule has 1 aromatic carbocycles. The van der Waals surface area contributed by atoms with Crippen LogP contribution in [0.5, 0.6) is 0 Å². The van der Waals surface area contributed by atoms with Crippen LogP contribution in [0, 0.1) is 6.92 Å². The van der Waals surface area contributed by atoms with Crippen molar-refractivity contribution in [2.45, 2.75) is 38.7 Å². The van der Waals surface area contributed by atoms with E-state index in [1.807, 2.05) is 25.1 Å². The van der Waals surface area contributed by atoms with Crippen LogP contribution in [-0.4, -0.2) is 5.11 Å². The first-order chi connectivity index (χ1) is 7.70.